The second-order valence-corrected chi connectivity index (χ2v) is 6.01. The van der Waals surface area contributed by atoms with Gasteiger partial charge in [0.05, 0.1) is 11.7 Å². The number of rotatable bonds is 7. The standard InChI is InChI=1S/C17H27NO2/c1-12(2)6-5-7-16(18)14-8-10-15(11-9-14)17(19)20-13(3)4/h8-13,16H,5-7,18H2,1-4H3/t16-/m1/s1. The van der Waals surface area contributed by atoms with E-state index in [0.29, 0.717) is 5.56 Å². The van der Waals surface area contributed by atoms with Gasteiger partial charge in [-0.15, -0.1) is 0 Å². The molecule has 20 heavy (non-hydrogen) atoms. The van der Waals surface area contributed by atoms with Crippen molar-refractivity contribution in [1.82, 2.24) is 0 Å². The van der Waals surface area contributed by atoms with Crippen molar-refractivity contribution in [1.29, 1.82) is 0 Å². The third kappa shape index (κ3) is 5.74. The third-order valence-electron chi connectivity index (χ3n) is 3.21. The molecule has 2 N–H and O–H groups in total. The van der Waals surface area contributed by atoms with Gasteiger partial charge in [-0.1, -0.05) is 38.8 Å². The summed E-state index contributed by atoms with van der Waals surface area (Å²) in [5.41, 5.74) is 7.83. The lowest BCUT2D eigenvalue weighted by Crippen LogP contribution is -2.13. The third-order valence-corrected chi connectivity index (χ3v) is 3.21. The normalized spacial score (nSPS) is 12.8. The van der Waals surface area contributed by atoms with E-state index in [-0.39, 0.29) is 18.1 Å². The summed E-state index contributed by atoms with van der Waals surface area (Å²) < 4.78 is 5.16. The van der Waals surface area contributed by atoms with Crippen molar-refractivity contribution in [3.63, 3.8) is 0 Å². The number of carbonyl (C=O) groups is 1. The summed E-state index contributed by atoms with van der Waals surface area (Å²) in [6, 6.07) is 7.49. The molecular weight excluding hydrogens is 250 g/mol. The van der Waals surface area contributed by atoms with E-state index in [1.54, 1.807) is 12.1 Å². The summed E-state index contributed by atoms with van der Waals surface area (Å²) in [5.74, 6) is 0.440. The highest BCUT2D eigenvalue weighted by Gasteiger charge is 2.11. The molecule has 0 aliphatic rings. The molecule has 1 aromatic carbocycles. The topological polar surface area (TPSA) is 52.3 Å². The lowest BCUT2D eigenvalue weighted by molar-refractivity contribution is 0.0378. The van der Waals surface area contributed by atoms with Gasteiger partial charge < -0.3 is 10.5 Å². The minimum Gasteiger partial charge on any atom is -0.459 e. The highest BCUT2D eigenvalue weighted by Crippen LogP contribution is 2.19. The number of hydrogen-bond acceptors (Lipinski definition) is 3. The number of hydrogen-bond donors (Lipinski definition) is 1. The molecule has 3 nitrogen and oxygen atoms in total. The molecule has 0 unspecified atom stereocenters. The van der Waals surface area contributed by atoms with Gasteiger partial charge in [0.25, 0.3) is 0 Å². The molecule has 0 heterocycles. The molecule has 0 saturated carbocycles. The van der Waals surface area contributed by atoms with Crippen molar-refractivity contribution >= 4 is 5.97 Å². The van der Waals surface area contributed by atoms with Crippen LogP contribution in [0.3, 0.4) is 0 Å². The maximum absolute atomic E-state index is 11.7. The van der Waals surface area contributed by atoms with Gasteiger partial charge in [-0.3, -0.25) is 0 Å². The van der Waals surface area contributed by atoms with Crippen LogP contribution in [0.2, 0.25) is 0 Å². The number of nitrogens with two attached hydrogens (primary N) is 1. The van der Waals surface area contributed by atoms with Gasteiger partial charge in [-0.25, -0.2) is 4.79 Å². The van der Waals surface area contributed by atoms with Crippen molar-refractivity contribution in [2.24, 2.45) is 11.7 Å². The first-order valence-corrected chi connectivity index (χ1v) is 7.46. The molecule has 0 fully saturated rings. The second-order valence-electron chi connectivity index (χ2n) is 6.01. The SMILES string of the molecule is CC(C)CCC[C@@H](N)c1ccc(C(=O)OC(C)C)cc1. The minimum absolute atomic E-state index is 0.0453. The van der Waals surface area contributed by atoms with Gasteiger partial charge in [0.2, 0.25) is 0 Å². The van der Waals surface area contributed by atoms with Crippen LogP contribution in [0.25, 0.3) is 0 Å². The van der Waals surface area contributed by atoms with Gasteiger partial charge in [0.1, 0.15) is 0 Å². The fourth-order valence-corrected chi connectivity index (χ4v) is 2.06. The van der Waals surface area contributed by atoms with E-state index >= 15 is 0 Å². The first-order chi connectivity index (χ1) is 9.40. The summed E-state index contributed by atoms with van der Waals surface area (Å²) in [6.07, 6.45) is 3.22. The zero-order valence-electron chi connectivity index (χ0n) is 13.1. The van der Waals surface area contributed by atoms with Crippen LogP contribution in [0.4, 0.5) is 0 Å². The lowest BCUT2D eigenvalue weighted by Gasteiger charge is -2.14. The van der Waals surface area contributed by atoms with Crippen LogP contribution in [0.1, 0.15) is 68.9 Å². The monoisotopic (exact) mass is 277 g/mol. The Bertz CT molecular complexity index is 410. The highest BCUT2D eigenvalue weighted by molar-refractivity contribution is 5.89. The average Bonchev–Trinajstić information content (AvgIpc) is 2.37. The Hall–Kier alpha value is -1.35. The van der Waals surface area contributed by atoms with Crippen LogP contribution in [0.15, 0.2) is 24.3 Å². The molecule has 1 atom stereocenters. The Labute approximate surface area is 122 Å². The van der Waals surface area contributed by atoms with Crippen molar-refractivity contribution in [3.8, 4) is 0 Å². The van der Waals surface area contributed by atoms with Crippen LogP contribution in [0.5, 0.6) is 0 Å². The van der Waals surface area contributed by atoms with E-state index < -0.39 is 0 Å². The predicted octanol–water partition coefficient (Wildman–Crippen LogP) is 4.08. The fourth-order valence-electron chi connectivity index (χ4n) is 2.06. The number of esters is 1. The van der Waals surface area contributed by atoms with E-state index in [0.717, 1.165) is 24.3 Å². The Balaban J connectivity index is 2.55. The molecule has 0 aliphatic heterocycles. The largest absolute Gasteiger partial charge is 0.459 e. The summed E-state index contributed by atoms with van der Waals surface area (Å²) in [4.78, 5) is 11.7. The first-order valence-electron chi connectivity index (χ1n) is 7.46. The van der Waals surface area contributed by atoms with E-state index in [4.69, 9.17) is 10.5 Å². The van der Waals surface area contributed by atoms with Crippen molar-refractivity contribution in [2.75, 3.05) is 0 Å². The molecular formula is C17H27NO2. The van der Waals surface area contributed by atoms with Gasteiger partial charge in [-0.2, -0.15) is 0 Å². The number of ether oxygens (including phenoxy) is 1. The maximum Gasteiger partial charge on any atom is 0.338 e. The zero-order valence-corrected chi connectivity index (χ0v) is 13.1. The second kappa shape index (κ2) is 8.05. The summed E-state index contributed by atoms with van der Waals surface area (Å²) in [6.45, 7) is 8.13. The van der Waals surface area contributed by atoms with Crippen molar-refractivity contribution in [2.45, 2.75) is 59.1 Å². The van der Waals surface area contributed by atoms with Gasteiger partial charge in [-0.05, 0) is 43.9 Å². The smallest absolute Gasteiger partial charge is 0.338 e. The molecule has 0 amide bonds. The van der Waals surface area contributed by atoms with Gasteiger partial charge in [0.15, 0.2) is 0 Å². The molecule has 0 saturated heterocycles. The van der Waals surface area contributed by atoms with Crippen LogP contribution in [-0.4, -0.2) is 12.1 Å². The summed E-state index contributed by atoms with van der Waals surface area (Å²) in [7, 11) is 0. The lowest BCUT2D eigenvalue weighted by atomic mass is 9.98. The average molecular weight is 277 g/mol. The number of benzene rings is 1. The van der Waals surface area contributed by atoms with E-state index in [9.17, 15) is 4.79 Å². The van der Waals surface area contributed by atoms with Gasteiger partial charge >= 0.3 is 5.97 Å². The molecule has 3 heteroatoms. The van der Waals surface area contributed by atoms with Crippen LogP contribution in [0, 0.1) is 5.92 Å². The Morgan fingerprint density at radius 1 is 1.10 bits per heavy atom. The van der Waals surface area contributed by atoms with E-state index in [2.05, 4.69) is 13.8 Å². The van der Waals surface area contributed by atoms with E-state index in [1.165, 1.54) is 6.42 Å². The van der Waals surface area contributed by atoms with Crippen LogP contribution in [-0.2, 0) is 4.74 Å². The Morgan fingerprint density at radius 2 is 1.70 bits per heavy atom. The minimum atomic E-state index is -0.278. The molecule has 0 bridgehead atoms. The molecule has 0 spiro atoms. The Kier molecular flexibility index (Phi) is 6.73. The van der Waals surface area contributed by atoms with Crippen molar-refractivity contribution in [3.05, 3.63) is 35.4 Å². The zero-order chi connectivity index (χ0) is 15.1. The van der Waals surface area contributed by atoms with Crippen LogP contribution >= 0.6 is 0 Å². The Morgan fingerprint density at radius 3 is 2.20 bits per heavy atom. The maximum atomic E-state index is 11.7. The summed E-state index contributed by atoms with van der Waals surface area (Å²) >= 11 is 0. The fraction of sp³-hybridized carbons (Fsp3) is 0.588. The highest BCUT2D eigenvalue weighted by atomic mass is 16.5. The summed E-state index contributed by atoms with van der Waals surface area (Å²) in [5, 5.41) is 0. The molecule has 1 rings (SSSR count). The quantitative estimate of drug-likeness (QED) is 0.764. The van der Waals surface area contributed by atoms with Crippen LogP contribution < -0.4 is 5.73 Å². The predicted molar refractivity (Wildman–Crippen MR) is 82.6 cm³/mol. The molecule has 112 valence electrons. The molecule has 0 aromatic heterocycles. The molecule has 0 aliphatic carbocycles. The molecule has 0 radical (unpaired) electrons. The first kappa shape index (κ1) is 16.7. The van der Waals surface area contributed by atoms with Gasteiger partial charge in [0, 0.05) is 6.04 Å². The molecule has 1 aromatic rings. The van der Waals surface area contributed by atoms with Crippen molar-refractivity contribution < 1.29 is 9.53 Å². The number of carbonyl (C=O) groups excluding carboxylic acids is 1. The van der Waals surface area contributed by atoms with E-state index in [1.807, 2.05) is 26.0 Å².